The highest BCUT2D eigenvalue weighted by molar-refractivity contribution is 7.89. The molecule has 5 aromatic rings. The Labute approximate surface area is 290 Å². The summed E-state index contributed by atoms with van der Waals surface area (Å²) in [5, 5.41) is 10.2. The monoisotopic (exact) mass is 690 g/mol. The highest BCUT2D eigenvalue weighted by Crippen LogP contribution is 2.46. The van der Waals surface area contributed by atoms with Crippen LogP contribution in [0.25, 0.3) is 33.6 Å². The van der Waals surface area contributed by atoms with Gasteiger partial charge in [-0.2, -0.15) is 9.57 Å². The number of ether oxygens (including phenoxy) is 1. The van der Waals surface area contributed by atoms with Gasteiger partial charge in [0.05, 0.1) is 46.9 Å². The number of imidazole rings is 1. The number of sulfonamides is 1. The largest absolute Gasteiger partial charge is 0.494 e. The Morgan fingerprint density at radius 2 is 1.86 bits per heavy atom. The number of pyridine rings is 1. The minimum Gasteiger partial charge on any atom is -0.494 e. The van der Waals surface area contributed by atoms with Crippen LogP contribution in [-0.2, 0) is 16.6 Å². The zero-order chi connectivity index (χ0) is 34.5. The molecule has 3 atom stereocenters. The normalized spacial score (nSPS) is 23.8. The number of benzene rings is 2. The molecular weight excluding hydrogens is 653 g/mol. The number of fused-ring (bicyclic) bond motifs is 4. The molecule has 2 saturated heterocycles. The summed E-state index contributed by atoms with van der Waals surface area (Å²) in [6, 6.07) is 17.5. The molecule has 2 N–H and O–H groups in total. The van der Waals surface area contributed by atoms with Crippen molar-refractivity contribution in [3.63, 3.8) is 0 Å². The number of rotatable bonds is 8. The van der Waals surface area contributed by atoms with Crippen molar-refractivity contribution in [1.82, 2.24) is 28.3 Å². The van der Waals surface area contributed by atoms with Crippen molar-refractivity contribution in [2.24, 2.45) is 17.6 Å². The molecule has 5 heterocycles. The van der Waals surface area contributed by atoms with E-state index in [1.807, 2.05) is 29.2 Å². The summed E-state index contributed by atoms with van der Waals surface area (Å²) in [4.78, 5) is 26.1. The van der Waals surface area contributed by atoms with Gasteiger partial charge in [-0.25, -0.2) is 18.4 Å². The molecule has 1 amide bonds. The van der Waals surface area contributed by atoms with Crippen LogP contribution >= 0.6 is 0 Å². The molecule has 3 aromatic heterocycles. The summed E-state index contributed by atoms with van der Waals surface area (Å²) in [5.74, 6) is 1.93. The number of amides is 1. The molecule has 4 fully saturated rings. The fraction of sp³-hybridized carbons (Fsp3) is 0.405. The molecule has 2 aliphatic carbocycles. The standard InChI is InChI=1S/C37H38N8O4S/c1-37(39)26-9-12-32(37)44(19-26)36(46)25-14-29-33(31(16-25)49-2)45(27-20-42(21-27)50(47,48)28-10-7-22(17-38)8-11-28)35(41-29)30-15-24-4-3-13-40-34(24)43(30)18-23-5-6-23/h3-4,7-8,10-11,13-16,23,26-27,32H,5-6,9,12,18-21,39H2,1-2H3. The minimum atomic E-state index is -3.79. The summed E-state index contributed by atoms with van der Waals surface area (Å²) >= 11 is 0. The molecule has 9 rings (SSSR count). The van der Waals surface area contributed by atoms with E-state index in [-0.39, 0.29) is 41.9 Å². The second kappa shape index (κ2) is 11.1. The number of nitriles is 1. The number of hydrogen-bond acceptors (Lipinski definition) is 8. The van der Waals surface area contributed by atoms with E-state index in [0.29, 0.717) is 46.2 Å². The fourth-order valence-electron chi connectivity index (χ4n) is 8.44. The quantitative estimate of drug-likeness (QED) is 0.249. The lowest BCUT2D eigenvalue weighted by molar-refractivity contribution is 0.0691. The van der Waals surface area contributed by atoms with Crippen LogP contribution in [-0.4, -0.2) is 81.0 Å². The van der Waals surface area contributed by atoms with E-state index in [0.717, 1.165) is 49.0 Å². The van der Waals surface area contributed by atoms with Gasteiger partial charge in [-0.15, -0.1) is 0 Å². The molecule has 13 heteroatoms. The van der Waals surface area contributed by atoms with Crippen LogP contribution in [0.2, 0.25) is 0 Å². The molecule has 256 valence electrons. The van der Waals surface area contributed by atoms with Gasteiger partial charge in [0.25, 0.3) is 5.91 Å². The minimum absolute atomic E-state index is 0.0144. The number of methoxy groups -OCH3 is 1. The highest BCUT2D eigenvalue weighted by atomic mass is 32.2. The third-order valence-corrected chi connectivity index (χ3v) is 13.3. The Balaban J connectivity index is 1.16. The third kappa shape index (κ3) is 4.69. The first-order valence-electron chi connectivity index (χ1n) is 17.2. The van der Waals surface area contributed by atoms with Crippen molar-refractivity contribution in [1.29, 1.82) is 5.26 Å². The maximum absolute atomic E-state index is 14.1. The van der Waals surface area contributed by atoms with E-state index >= 15 is 0 Å². The van der Waals surface area contributed by atoms with Gasteiger partial charge in [-0.1, -0.05) is 0 Å². The molecule has 3 unspecified atom stereocenters. The number of hydrogen-bond donors (Lipinski definition) is 1. The maximum Gasteiger partial charge on any atom is 0.254 e. The number of aromatic nitrogens is 4. The zero-order valence-corrected chi connectivity index (χ0v) is 28.8. The first-order valence-corrected chi connectivity index (χ1v) is 18.7. The second-order valence-electron chi connectivity index (χ2n) is 14.6. The first kappa shape index (κ1) is 31.2. The van der Waals surface area contributed by atoms with E-state index in [1.54, 1.807) is 19.4 Å². The van der Waals surface area contributed by atoms with Crippen LogP contribution in [0.1, 0.15) is 54.6 Å². The summed E-state index contributed by atoms with van der Waals surface area (Å²) < 4.78 is 39.1. The van der Waals surface area contributed by atoms with Gasteiger partial charge in [0.15, 0.2) is 5.82 Å². The molecule has 12 nitrogen and oxygen atoms in total. The smallest absolute Gasteiger partial charge is 0.254 e. The van der Waals surface area contributed by atoms with Crippen LogP contribution in [0.4, 0.5) is 0 Å². The number of carbonyl (C=O) groups excluding carboxylic acids is 1. The molecular formula is C37H38N8O4S. The average Bonchev–Trinajstić information content (AvgIpc) is 3.55. The predicted octanol–water partition coefficient (Wildman–Crippen LogP) is 4.54. The summed E-state index contributed by atoms with van der Waals surface area (Å²) in [7, 11) is -2.20. The van der Waals surface area contributed by atoms with Crippen LogP contribution in [0.15, 0.2) is 65.7 Å². The zero-order valence-electron chi connectivity index (χ0n) is 28.0. The topological polar surface area (TPSA) is 152 Å². The third-order valence-electron chi connectivity index (χ3n) is 11.5. The fourth-order valence-corrected chi connectivity index (χ4v) is 9.95. The van der Waals surface area contributed by atoms with E-state index in [2.05, 4.69) is 22.1 Å². The van der Waals surface area contributed by atoms with Crippen LogP contribution in [0, 0.1) is 23.2 Å². The van der Waals surface area contributed by atoms with Gasteiger partial charge in [0, 0.05) is 48.9 Å². The van der Waals surface area contributed by atoms with Gasteiger partial charge in [0.1, 0.15) is 16.9 Å². The van der Waals surface area contributed by atoms with E-state index < -0.39 is 15.6 Å². The van der Waals surface area contributed by atoms with Gasteiger partial charge in [0.2, 0.25) is 10.0 Å². The molecule has 0 radical (unpaired) electrons. The van der Waals surface area contributed by atoms with Crippen molar-refractivity contribution >= 4 is 38.0 Å². The maximum atomic E-state index is 14.1. The lowest BCUT2D eigenvalue weighted by atomic mass is 9.92. The molecule has 50 heavy (non-hydrogen) atoms. The van der Waals surface area contributed by atoms with Crippen molar-refractivity contribution in [2.75, 3.05) is 26.7 Å². The Morgan fingerprint density at radius 1 is 1.08 bits per heavy atom. The molecule has 2 aliphatic heterocycles. The number of carbonyl (C=O) groups is 1. The van der Waals surface area contributed by atoms with Gasteiger partial charge in [-0.3, -0.25) is 4.79 Å². The first-order chi connectivity index (χ1) is 24.1. The van der Waals surface area contributed by atoms with E-state index in [4.69, 9.17) is 20.4 Å². The Morgan fingerprint density at radius 3 is 2.52 bits per heavy atom. The highest BCUT2D eigenvalue weighted by Gasteiger charge is 2.54. The van der Waals surface area contributed by atoms with Crippen LogP contribution in [0.3, 0.4) is 0 Å². The van der Waals surface area contributed by atoms with Crippen LogP contribution < -0.4 is 10.5 Å². The average molecular weight is 691 g/mol. The summed E-state index contributed by atoms with van der Waals surface area (Å²) in [6.45, 7) is 3.93. The molecule has 0 spiro atoms. The second-order valence-corrected chi connectivity index (χ2v) is 16.5. The summed E-state index contributed by atoms with van der Waals surface area (Å²) in [6.07, 6.45) is 6.04. The number of nitrogens with two attached hydrogens (primary N) is 1. The Kier molecular flexibility index (Phi) is 6.94. The number of piperidine rings is 1. The Bertz CT molecular complexity index is 2350. The van der Waals surface area contributed by atoms with E-state index in [9.17, 15) is 18.5 Å². The van der Waals surface area contributed by atoms with Crippen molar-refractivity contribution < 1.29 is 17.9 Å². The molecule has 2 bridgehead atoms. The van der Waals surface area contributed by atoms with Crippen molar-refractivity contribution in [3.05, 3.63) is 71.9 Å². The van der Waals surface area contributed by atoms with Crippen molar-refractivity contribution in [2.45, 2.75) is 61.7 Å². The molecule has 2 aromatic carbocycles. The lowest BCUT2D eigenvalue weighted by Crippen LogP contribution is -2.50. The summed E-state index contributed by atoms with van der Waals surface area (Å²) in [5.41, 5.74) is 10.3. The molecule has 4 aliphatic rings. The lowest BCUT2D eigenvalue weighted by Gasteiger charge is -2.39. The van der Waals surface area contributed by atoms with E-state index in [1.165, 1.54) is 28.6 Å². The number of nitrogens with zero attached hydrogens (tertiary/aromatic N) is 7. The van der Waals surface area contributed by atoms with Crippen molar-refractivity contribution in [3.8, 4) is 23.3 Å². The molecule has 2 saturated carbocycles. The SMILES string of the molecule is COc1cc(C(=O)N2CC3CCC2C3(C)N)cc2nc(-c3cc4cccnc4n3CC3CC3)n(C3CN(S(=O)(=O)c4ccc(C#N)cc4)C3)c12. The van der Waals surface area contributed by atoms with Gasteiger partial charge < -0.3 is 24.5 Å². The van der Waals surface area contributed by atoms with Crippen LogP contribution in [0.5, 0.6) is 5.75 Å². The predicted molar refractivity (Wildman–Crippen MR) is 187 cm³/mol. The Hall–Kier alpha value is -4.77. The van der Waals surface area contributed by atoms with Gasteiger partial charge >= 0.3 is 0 Å². The number of likely N-dealkylation sites (tertiary alicyclic amines) is 1. The van der Waals surface area contributed by atoms with Gasteiger partial charge in [-0.05, 0) is 99.0 Å².